The smallest absolute Gasteiger partial charge is 0.253 e. The number of carbonyl (C=O) groups is 1. The van der Waals surface area contributed by atoms with Crippen LogP contribution in [-0.2, 0) is 0 Å². The Labute approximate surface area is 179 Å². The molecule has 154 valence electrons. The molecule has 4 aromatic rings. The molecule has 1 aromatic heterocycles. The van der Waals surface area contributed by atoms with E-state index < -0.39 is 0 Å². The van der Waals surface area contributed by atoms with Crippen molar-refractivity contribution in [1.82, 2.24) is 9.88 Å². The van der Waals surface area contributed by atoms with Gasteiger partial charge in [0.2, 0.25) is 0 Å². The maximum absolute atomic E-state index is 13.1. The van der Waals surface area contributed by atoms with Crippen LogP contribution < -0.4 is 4.74 Å². The number of fused-ring (bicyclic) bond motifs is 1. The summed E-state index contributed by atoms with van der Waals surface area (Å²) < 4.78 is 19.3. The molecule has 4 nitrogen and oxygen atoms in total. The Kier molecular flexibility index (Phi) is 5.08. The number of carbonyl (C=O) groups excluding carboxylic acids is 1. The highest BCUT2D eigenvalue weighted by Gasteiger charge is 2.28. The third kappa shape index (κ3) is 3.99. The van der Waals surface area contributed by atoms with Crippen molar-refractivity contribution in [1.29, 1.82) is 0 Å². The van der Waals surface area contributed by atoms with Gasteiger partial charge >= 0.3 is 0 Å². The first-order chi connectivity index (χ1) is 15.2. The fourth-order valence-electron chi connectivity index (χ4n) is 3.99. The van der Waals surface area contributed by atoms with Gasteiger partial charge in [-0.3, -0.25) is 9.78 Å². The molecule has 1 saturated heterocycles. The van der Waals surface area contributed by atoms with Crippen molar-refractivity contribution >= 4 is 16.8 Å². The van der Waals surface area contributed by atoms with Gasteiger partial charge in [0.05, 0.1) is 6.54 Å². The molecule has 5 rings (SSSR count). The number of likely N-dealkylation sites (tertiary alicyclic amines) is 1. The molecule has 0 radical (unpaired) electrons. The molecule has 2 heterocycles. The quantitative estimate of drug-likeness (QED) is 0.455. The van der Waals surface area contributed by atoms with Gasteiger partial charge in [0.1, 0.15) is 23.2 Å². The van der Waals surface area contributed by atoms with Crippen molar-refractivity contribution in [3.63, 3.8) is 0 Å². The molecule has 1 aliphatic heterocycles. The molecule has 0 saturated carbocycles. The Morgan fingerprint density at radius 1 is 0.935 bits per heavy atom. The number of nitrogens with zero attached hydrogens (tertiary/aromatic N) is 2. The summed E-state index contributed by atoms with van der Waals surface area (Å²) in [6.07, 6.45) is 2.48. The second-order valence-electron chi connectivity index (χ2n) is 7.70. The van der Waals surface area contributed by atoms with E-state index in [9.17, 15) is 9.18 Å². The molecular weight excluding hydrogens is 391 g/mol. The minimum Gasteiger partial charge on any atom is -0.486 e. The maximum Gasteiger partial charge on any atom is 0.253 e. The predicted octanol–water partition coefficient (Wildman–Crippen LogP) is 5.33. The molecule has 1 unspecified atom stereocenters. The zero-order valence-corrected chi connectivity index (χ0v) is 16.9. The number of halogens is 1. The Morgan fingerprint density at radius 2 is 1.65 bits per heavy atom. The number of hydrogen-bond donors (Lipinski definition) is 0. The summed E-state index contributed by atoms with van der Waals surface area (Å²) in [5.74, 6) is 0.481. The van der Waals surface area contributed by atoms with Gasteiger partial charge < -0.3 is 9.64 Å². The number of ether oxygens (including phenoxy) is 1. The van der Waals surface area contributed by atoms with E-state index in [1.54, 1.807) is 18.3 Å². The van der Waals surface area contributed by atoms with Crippen LogP contribution in [0.3, 0.4) is 0 Å². The third-order valence-corrected chi connectivity index (χ3v) is 5.63. The minimum atomic E-state index is -0.263. The number of para-hydroxylation sites is 1. The molecule has 1 aliphatic rings. The summed E-state index contributed by atoms with van der Waals surface area (Å²) in [7, 11) is 0. The molecule has 1 amide bonds. The van der Waals surface area contributed by atoms with Gasteiger partial charge in [0.25, 0.3) is 5.91 Å². The molecule has 3 aromatic carbocycles. The molecule has 31 heavy (non-hydrogen) atoms. The van der Waals surface area contributed by atoms with Crippen molar-refractivity contribution < 1.29 is 13.9 Å². The standard InChI is InChI=1S/C26H21FN2O2/c27-22-12-10-19(11-13-22)18-6-8-21(9-7-18)26(30)29-16-14-23(17-29)31-24-5-1-3-20-4-2-15-28-25(20)24/h1-13,15,23H,14,16-17H2. The van der Waals surface area contributed by atoms with E-state index in [4.69, 9.17) is 4.74 Å². The predicted molar refractivity (Wildman–Crippen MR) is 119 cm³/mol. The normalized spacial score (nSPS) is 15.9. The van der Waals surface area contributed by atoms with Crippen molar-refractivity contribution in [2.45, 2.75) is 12.5 Å². The van der Waals surface area contributed by atoms with Crippen LogP contribution in [0.5, 0.6) is 5.75 Å². The van der Waals surface area contributed by atoms with Gasteiger partial charge in [-0.2, -0.15) is 0 Å². The lowest BCUT2D eigenvalue weighted by atomic mass is 10.0. The average molecular weight is 412 g/mol. The second kappa shape index (κ2) is 8.19. The van der Waals surface area contributed by atoms with E-state index >= 15 is 0 Å². The van der Waals surface area contributed by atoms with Crippen molar-refractivity contribution in [2.24, 2.45) is 0 Å². The fraction of sp³-hybridized carbons (Fsp3) is 0.154. The Bertz CT molecular complexity index is 1220. The monoisotopic (exact) mass is 412 g/mol. The first-order valence-electron chi connectivity index (χ1n) is 10.3. The maximum atomic E-state index is 13.1. The molecule has 5 heteroatoms. The molecular formula is C26H21FN2O2. The lowest BCUT2D eigenvalue weighted by Crippen LogP contribution is -2.30. The second-order valence-corrected chi connectivity index (χ2v) is 7.70. The zero-order chi connectivity index (χ0) is 21.2. The summed E-state index contributed by atoms with van der Waals surface area (Å²) in [6, 6.07) is 23.6. The SMILES string of the molecule is O=C(c1ccc(-c2ccc(F)cc2)cc1)N1CCC(Oc2cccc3cccnc23)C1. The van der Waals surface area contributed by atoms with E-state index in [0.717, 1.165) is 34.2 Å². The van der Waals surface area contributed by atoms with Crippen LogP contribution in [0.2, 0.25) is 0 Å². The van der Waals surface area contributed by atoms with E-state index in [1.807, 2.05) is 59.5 Å². The van der Waals surface area contributed by atoms with Crippen LogP contribution in [0.4, 0.5) is 4.39 Å². The summed E-state index contributed by atoms with van der Waals surface area (Å²) in [6.45, 7) is 1.20. The summed E-state index contributed by atoms with van der Waals surface area (Å²) in [5.41, 5.74) is 3.34. The van der Waals surface area contributed by atoms with Crippen molar-refractivity contribution in [3.05, 3.63) is 96.4 Å². The van der Waals surface area contributed by atoms with Crippen LogP contribution in [0.1, 0.15) is 16.8 Å². The van der Waals surface area contributed by atoms with Gasteiger partial charge in [-0.05, 0) is 47.5 Å². The summed E-state index contributed by atoms with van der Waals surface area (Å²) in [5, 5.41) is 1.03. The van der Waals surface area contributed by atoms with Crippen LogP contribution >= 0.6 is 0 Å². The third-order valence-electron chi connectivity index (χ3n) is 5.63. The van der Waals surface area contributed by atoms with Crippen LogP contribution in [0, 0.1) is 5.82 Å². The fourth-order valence-corrected chi connectivity index (χ4v) is 3.99. The largest absolute Gasteiger partial charge is 0.486 e. The van der Waals surface area contributed by atoms with Gasteiger partial charge in [-0.25, -0.2) is 4.39 Å². The number of hydrogen-bond acceptors (Lipinski definition) is 3. The Morgan fingerprint density at radius 3 is 2.42 bits per heavy atom. The van der Waals surface area contributed by atoms with Gasteiger partial charge in [0, 0.05) is 30.1 Å². The van der Waals surface area contributed by atoms with Crippen LogP contribution in [0.15, 0.2) is 85.1 Å². The Balaban J connectivity index is 1.26. The highest BCUT2D eigenvalue weighted by molar-refractivity contribution is 5.95. The highest BCUT2D eigenvalue weighted by atomic mass is 19.1. The van der Waals surface area contributed by atoms with E-state index in [0.29, 0.717) is 18.7 Å². The first kappa shape index (κ1) is 19.2. The van der Waals surface area contributed by atoms with Gasteiger partial charge in [0.15, 0.2) is 0 Å². The number of aromatic nitrogens is 1. The number of benzene rings is 3. The van der Waals surface area contributed by atoms with Crippen molar-refractivity contribution in [2.75, 3.05) is 13.1 Å². The zero-order valence-electron chi connectivity index (χ0n) is 16.9. The lowest BCUT2D eigenvalue weighted by Gasteiger charge is -2.18. The molecule has 0 N–H and O–H groups in total. The number of amides is 1. The average Bonchev–Trinajstić information content (AvgIpc) is 3.28. The van der Waals surface area contributed by atoms with E-state index in [1.165, 1.54) is 12.1 Å². The highest BCUT2D eigenvalue weighted by Crippen LogP contribution is 2.27. The van der Waals surface area contributed by atoms with Gasteiger partial charge in [-0.1, -0.05) is 42.5 Å². The molecule has 1 fully saturated rings. The van der Waals surface area contributed by atoms with E-state index in [2.05, 4.69) is 4.98 Å². The topological polar surface area (TPSA) is 42.4 Å². The van der Waals surface area contributed by atoms with Gasteiger partial charge in [-0.15, -0.1) is 0 Å². The minimum absolute atomic E-state index is 0.00667. The molecule has 1 atom stereocenters. The number of rotatable bonds is 4. The summed E-state index contributed by atoms with van der Waals surface area (Å²) >= 11 is 0. The number of pyridine rings is 1. The molecule has 0 spiro atoms. The summed E-state index contributed by atoms with van der Waals surface area (Å²) in [4.78, 5) is 19.2. The lowest BCUT2D eigenvalue weighted by molar-refractivity contribution is 0.0773. The van der Waals surface area contributed by atoms with Crippen molar-refractivity contribution in [3.8, 4) is 16.9 Å². The first-order valence-corrected chi connectivity index (χ1v) is 10.3. The molecule has 0 aliphatic carbocycles. The van der Waals surface area contributed by atoms with E-state index in [-0.39, 0.29) is 17.8 Å². The van der Waals surface area contributed by atoms with Crippen LogP contribution in [0.25, 0.3) is 22.0 Å². The van der Waals surface area contributed by atoms with Crippen LogP contribution in [-0.4, -0.2) is 35.0 Å². The Hall–Kier alpha value is -3.73. The molecule has 0 bridgehead atoms.